The van der Waals surface area contributed by atoms with Gasteiger partial charge in [-0.25, -0.2) is 0 Å². The van der Waals surface area contributed by atoms with Crippen LogP contribution in [-0.4, -0.2) is 52.9 Å². The number of nitrogens with zero attached hydrogens (tertiary/aromatic N) is 4. The molecule has 0 aromatic carbocycles. The second-order valence-corrected chi connectivity index (χ2v) is 4.78. The fraction of sp³-hybridized carbons (Fsp3) is 0.769. The van der Waals surface area contributed by atoms with Crippen molar-refractivity contribution in [2.75, 3.05) is 37.0 Å². The van der Waals surface area contributed by atoms with Crippen LogP contribution in [0.3, 0.4) is 0 Å². The molecule has 0 amide bonds. The van der Waals surface area contributed by atoms with Gasteiger partial charge in [-0.2, -0.15) is 15.0 Å². The molecule has 2 N–H and O–H groups in total. The minimum Gasteiger partial charge on any atom is -0.464 e. The van der Waals surface area contributed by atoms with Crippen LogP contribution in [0.2, 0.25) is 0 Å². The Morgan fingerprint density at radius 3 is 2.65 bits per heavy atom. The average Bonchev–Trinajstić information content (AvgIpc) is 2.98. The molecule has 0 spiro atoms. The van der Waals surface area contributed by atoms with Gasteiger partial charge in [-0.15, -0.1) is 0 Å². The number of aromatic nitrogens is 3. The van der Waals surface area contributed by atoms with Crippen LogP contribution in [0.4, 0.5) is 11.9 Å². The third-order valence-corrected chi connectivity index (χ3v) is 3.46. The maximum Gasteiger partial charge on any atom is 0.323 e. The Morgan fingerprint density at radius 1 is 1.30 bits per heavy atom. The number of nitrogens with one attached hydrogen (secondary N) is 1. The van der Waals surface area contributed by atoms with Crippen LogP contribution in [0.15, 0.2) is 0 Å². The molecule has 0 atom stereocenters. The summed E-state index contributed by atoms with van der Waals surface area (Å²) in [5.74, 6) is 1.06. The SMILES string of the molecule is CCOc1nc(NC)nc(N(CCO)C2CCCC2)n1. The molecule has 2 rings (SSSR count). The molecular weight excluding hydrogens is 258 g/mol. The van der Waals surface area contributed by atoms with Crippen LogP contribution in [0.1, 0.15) is 32.6 Å². The van der Waals surface area contributed by atoms with E-state index < -0.39 is 0 Å². The van der Waals surface area contributed by atoms with Crippen LogP contribution in [0.5, 0.6) is 6.01 Å². The minimum absolute atomic E-state index is 0.0844. The molecule has 1 aromatic heterocycles. The Kier molecular flexibility index (Phi) is 5.34. The molecular formula is C13H23N5O2. The third kappa shape index (κ3) is 3.47. The zero-order valence-electron chi connectivity index (χ0n) is 12.2. The first-order valence-electron chi connectivity index (χ1n) is 7.22. The summed E-state index contributed by atoms with van der Waals surface area (Å²) in [6, 6.07) is 0.714. The van der Waals surface area contributed by atoms with Crippen molar-refractivity contribution in [2.45, 2.75) is 38.6 Å². The predicted octanol–water partition coefficient (Wildman–Crippen LogP) is 1.05. The van der Waals surface area contributed by atoms with E-state index in [1.807, 2.05) is 6.92 Å². The molecule has 1 aromatic rings. The summed E-state index contributed by atoms with van der Waals surface area (Å²) in [5, 5.41) is 12.2. The first-order chi connectivity index (χ1) is 9.78. The lowest BCUT2D eigenvalue weighted by molar-refractivity contribution is 0.294. The highest BCUT2D eigenvalue weighted by Gasteiger charge is 2.25. The predicted molar refractivity (Wildman–Crippen MR) is 77.2 cm³/mol. The molecule has 1 saturated carbocycles. The fourth-order valence-electron chi connectivity index (χ4n) is 2.55. The quantitative estimate of drug-likeness (QED) is 0.773. The Balaban J connectivity index is 2.27. The Morgan fingerprint density at radius 2 is 2.05 bits per heavy atom. The molecule has 20 heavy (non-hydrogen) atoms. The molecule has 1 heterocycles. The van der Waals surface area contributed by atoms with Gasteiger partial charge in [0.05, 0.1) is 13.2 Å². The minimum atomic E-state index is 0.0844. The van der Waals surface area contributed by atoms with Gasteiger partial charge in [-0.05, 0) is 19.8 Å². The number of aliphatic hydroxyl groups is 1. The number of rotatable bonds is 7. The molecule has 1 aliphatic rings. The maximum absolute atomic E-state index is 9.30. The zero-order valence-corrected chi connectivity index (χ0v) is 12.2. The van der Waals surface area contributed by atoms with Gasteiger partial charge in [0.15, 0.2) is 0 Å². The second kappa shape index (κ2) is 7.23. The smallest absolute Gasteiger partial charge is 0.323 e. The Hall–Kier alpha value is -1.63. The molecule has 0 saturated heterocycles. The Bertz CT molecular complexity index is 423. The van der Waals surface area contributed by atoms with E-state index in [1.54, 1.807) is 7.05 Å². The van der Waals surface area contributed by atoms with Gasteiger partial charge in [0.2, 0.25) is 11.9 Å². The second-order valence-electron chi connectivity index (χ2n) is 4.78. The van der Waals surface area contributed by atoms with E-state index in [-0.39, 0.29) is 6.61 Å². The van der Waals surface area contributed by atoms with Gasteiger partial charge in [-0.3, -0.25) is 0 Å². The summed E-state index contributed by atoms with van der Waals surface area (Å²) >= 11 is 0. The molecule has 1 aliphatic carbocycles. The first-order valence-corrected chi connectivity index (χ1v) is 7.22. The largest absolute Gasteiger partial charge is 0.464 e. The Labute approximate surface area is 119 Å². The van der Waals surface area contributed by atoms with E-state index in [2.05, 4.69) is 25.2 Å². The molecule has 112 valence electrons. The van der Waals surface area contributed by atoms with Crippen LogP contribution in [0, 0.1) is 0 Å². The van der Waals surface area contributed by atoms with Crippen LogP contribution >= 0.6 is 0 Å². The lowest BCUT2D eigenvalue weighted by Crippen LogP contribution is -2.37. The topological polar surface area (TPSA) is 83.4 Å². The van der Waals surface area contributed by atoms with Crippen molar-refractivity contribution in [3.8, 4) is 6.01 Å². The average molecular weight is 281 g/mol. The normalized spacial score (nSPS) is 15.3. The number of ether oxygens (including phenoxy) is 1. The standard InChI is InChI=1S/C13H23N5O2/c1-3-20-13-16-11(14-2)15-12(17-13)18(8-9-19)10-6-4-5-7-10/h10,19H,3-9H2,1-2H3,(H,14,15,16,17). The van der Waals surface area contributed by atoms with Gasteiger partial charge in [0.1, 0.15) is 0 Å². The van der Waals surface area contributed by atoms with Crippen LogP contribution < -0.4 is 15.0 Å². The van der Waals surface area contributed by atoms with E-state index in [4.69, 9.17) is 4.74 Å². The molecule has 0 unspecified atom stereocenters. The molecule has 0 radical (unpaired) electrons. The number of hydrogen-bond donors (Lipinski definition) is 2. The highest BCUT2D eigenvalue weighted by atomic mass is 16.5. The van der Waals surface area contributed by atoms with Crippen LogP contribution in [0.25, 0.3) is 0 Å². The molecule has 1 fully saturated rings. The van der Waals surface area contributed by atoms with E-state index in [9.17, 15) is 5.11 Å². The zero-order chi connectivity index (χ0) is 14.4. The van der Waals surface area contributed by atoms with Gasteiger partial charge in [0.25, 0.3) is 0 Å². The summed E-state index contributed by atoms with van der Waals surface area (Å²) in [6.45, 7) is 3.02. The van der Waals surface area contributed by atoms with Crippen molar-refractivity contribution in [1.29, 1.82) is 0 Å². The van der Waals surface area contributed by atoms with Crippen molar-refractivity contribution in [3.05, 3.63) is 0 Å². The van der Waals surface area contributed by atoms with E-state index in [1.165, 1.54) is 12.8 Å². The number of anilines is 2. The summed E-state index contributed by atoms with van der Waals surface area (Å²) in [7, 11) is 1.76. The fourth-order valence-corrected chi connectivity index (χ4v) is 2.55. The van der Waals surface area contributed by atoms with E-state index >= 15 is 0 Å². The van der Waals surface area contributed by atoms with Crippen molar-refractivity contribution >= 4 is 11.9 Å². The maximum atomic E-state index is 9.30. The first kappa shape index (κ1) is 14.8. The van der Waals surface area contributed by atoms with Crippen molar-refractivity contribution < 1.29 is 9.84 Å². The van der Waals surface area contributed by atoms with Crippen molar-refractivity contribution in [2.24, 2.45) is 0 Å². The summed E-state index contributed by atoms with van der Waals surface area (Å²) < 4.78 is 5.39. The highest BCUT2D eigenvalue weighted by molar-refractivity contribution is 5.39. The lowest BCUT2D eigenvalue weighted by atomic mass is 10.2. The number of aliphatic hydroxyl groups excluding tert-OH is 1. The summed E-state index contributed by atoms with van der Waals surface area (Å²) in [6.07, 6.45) is 4.67. The van der Waals surface area contributed by atoms with Gasteiger partial charge in [-0.1, -0.05) is 12.8 Å². The number of hydrogen-bond acceptors (Lipinski definition) is 7. The van der Waals surface area contributed by atoms with E-state index in [0.29, 0.717) is 37.1 Å². The monoisotopic (exact) mass is 281 g/mol. The molecule has 0 bridgehead atoms. The third-order valence-electron chi connectivity index (χ3n) is 3.46. The molecule has 0 aliphatic heterocycles. The summed E-state index contributed by atoms with van der Waals surface area (Å²) in [4.78, 5) is 15.0. The van der Waals surface area contributed by atoms with Gasteiger partial charge >= 0.3 is 6.01 Å². The van der Waals surface area contributed by atoms with Crippen LogP contribution in [-0.2, 0) is 0 Å². The van der Waals surface area contributed by atoms with Crippen molar-refractivity contribution in [1.82, 2.24) is 15.0 Å². The van der Waals surface area contributed by atoms with E-state index in [0.717, 1.165) is 12.8 Å². The lowest BCUT2D eigenvalue weighted by Gasteiger charge is -2.28. The van der Waals surface area contributed by atoms with Gasteiger partial charge < -0.3 is 20.1 Å². The van der Waals surface area contributed by atoms with Crippen molar-refractivity contribution in [3.63, 3.8) is 0 Å². The van der Waals surface area contributed by atoms with Gasteiger partial charge in [0, 0.05) is 19.6 Å². The molecule has 7 heteroatoms. The molecule has 7 nitrogen and oxygen atoms in total. The highest BCUT2D eigenvalue weighted by Crippen LogP contribution is 2.27. The summed E-state index contributed by atoms with van der Waals surface area (Å²) in [5.41, 5.74) is 0.